The Hall–Kier alpha value is -1.94. The molecule has 0 aliphatic rings. The molecule has 0 spiro atoms. The van der Waals surface area contributed by atoms with Gasteiger partial charge in [-0.15, -0.1) is 0 Å². The Labute approximate surface area is 110 Å². The van der Waals surface area contributed by atoms with Crippen molar-refractivity contribution in [2.45, 2.75) is 18.9 Å². The first kappa shape index (κ1) is 13.5. The van der Waals surface area contributed by atoms with Crippen LogP contribution in [-0.2, 0) is 12.0 Å². The van der Waals surface area contributed by atoms with Crippen LogP contribution in [0.15, 0.2) is 42.5 Å². The van der Waals surface area contributed by atoms with E-state index in [0.29, 0.717) is 0 Å². The third-order valence-electron chi connectivity index (χ3n) is 2.97. The van der Waals surface area contributed by atoms with E-state index in [1.165, 1.54) is 19.1 Å². The van der Waals surface area contributed by atoms with Crippen LogP contribution in [0.3, 0.4) is 0 Å². The van der Waals surface area contributed by atoms with Crippen molar-refractivity contribution in [2.75, 3.05) is 0 Å². The average Bonchev–Trinajstić information content (AvgIpc) is 2.31. The molecule has 2 aromatic carbocycles. The zero-order chi connectivity index (χ0) is 14.0. The molecule has 0 aliphatic heterocycles. The van der Waals surface area contributed by atoms with Crippen molar-refractivity contribution in [3.8, 4) is 5.75 Å². The summed E-state index contributed by atoms with van der Waals surface area (Å²) in [4.78, 5) is 0. The molecule has 19 heavy (non-hydrogen) atoms. The van der Waals surface area contributed by atoms with E-state index in [9.17, 15) is 19.0 Å². The van der Waals surface area contributed by atoms with Crippen molar-refractivity contribution >= 4 is 0 Å². The molecule has 1 unspecified atom stereocenters. The van der Waals surface area contributed by atoms with Crippen LogP contribution in [-0.4, -0.2) is 10.2 Å². The molecule has 100 valence electrons. The molecule has 0 heterocycles. The molecule has 0 saturated carbocycles. The molecule has 4 heteroatoms. The summed E-state index contributed by atoms with van der Waals surface area (Å²) in [5.74, 6) is -1.32. The fourth-order valence-electron chi connectivity index (χ4n) is 1.98. The first-order chi connectivity index (χ1) is 8.87. The Balaban J connectivity index is 2.28. The van der Waals surface area contributed by atoms with E-state index in [1.807, 2.05) is 0 Å². The summed E-state index contributed by atoms with van der Waals surface area (Å²) in [6.45, 7) is 1.49. The van der Waals surface area contributed by atoms with Gasteiger partial charge in [0.2, 0.25) is 0 Å². The molecule has 2 rings (SSSR count). The smallest absolute Gasteiger partial charge is 0.126 e. The molecule has 0 fully saturated rings. The number of aromatic hydroxyl groups is 1. The van der Waals surface area contributed by atoms with Crippen LogP contribution >= 0.6 is 0 Å². The predicted molar refractivity (Wildman–Crippen MR) is 67.7 cm³/mol. The number of halogens is 2. The zero-order valence-electron chi connectivity index (χ0n) is 10.4. The molecule has 0 saturated heterocycles. The van der Waals surface area contributed by atoms with Crippen molar-refractivity contribution < 1.29 is 19.0 Å². The topological polar surface area (TPSA) is 40.5 Å². The minimum absolute atomic E-state index is 0.125. The molecule has 0 bridgehead atoms. The highest BCUT2D eigenvalue weighted by Crippen LogP contribution is 2.27. The van der Waals surface area contributed by atoms with Crippen LogP contribution in [0.4, 0.5) is 8.78 Å². The minimum atomic E-state index is -1.39. The van der Waals surface area contributed by atoms with Crippen LogP contribution in [0.2, 0.25) is 0 Å². The molecule has 0 aliphatic carbocycles. The van der Waals surface area contributed by atoms with E-state index in [-0.39, 0.29) is 17.7 Å². The maximum atomic E-state index is 13.2. The second-order valence-electron chi connectivity index (χ2n) is 4.78. The van der Waals surface area contributed by atoms with Gasteiger partial charge in [0.1, 0.15) is 17.4 Å². The van der Waals surface area contributed by atoms with Gasteiger partial charge in [0.15, 0.2) is 0 Å². The molecule has 0 amide bonds. The Morgan fingerprint density at radius 1 is 1.00 bits per heavy atom. The first-order valence-corrected chi connectivity index (χ1v) is 5.84. The van der Waals surface area contributed by atoms with Gasteiger partial charge in [0.25, 0.3) is 0 Å². The number of hydrogen-bond acceptors (Lipinski definition) is 2. The van der Waals surface area contributed by atoms with Crippen molar-refractivity contribution in [2.24, 2.45) is 0 Å². The van der Waals surface area contributed by atoms with E-state index in [4.69, 9.17) is 0 Å². The summed E-state index contributed by atoms with van der Waals surface area (Å²) in [5, 5.41) is 19.5. The summed E-state index contributed by atoms with van der Waals surface area (Å²) >= 11 is 0. The van der Waals surface area contributed by atoms with Gasteiger partial charge in [-0.2, -0.15) is 0 Å². The number of rotatable bonds is 3. The van der Waals surface area contributed by atoms with Gasteiger partial charge in [-0.3, -0.25) is 0 Å². The maximum absolute atomic E-state index is 13.2. The maximum Gasteiger partial charge on any atom is 0.126 e. The standard InChI is InChI=1S/C15H14F2O2/c1-15(19,9-10-2-4-14(18)5-3-10)11-6-12(16)8-13(17)7-11/h2-8,18-19H,9H2,1H3. The summed E-state index contributed by atoms with van der Waals surface area (Å²) in [7, 11) is 0. The molecule has 2 nitrogen and oxygen atoms in total. The average molecular weight is 264 g/mol. The zero-order valence-corrected chi connectivity index (χ0v) is 10.4. The van der Waals surface area contributed by atoms with E-state index in [1.54, 1.807) is 12.1 Å². The van der Waals surface area contributed by atoms with E-state index in [0.717, 1.165) is 23.8 Å². The molecule has 2 aromatic rings. The van der Waals surface area contributed by atoms with Crippen molar-refractivity contribution in [1.29, 1.82) is 0 Å². The lowest BCUT2D eigenvalue weighted by atomic mass is 9.89. The lowest BCUT2D eigenvalue weighted by Crippen LogP contribution is -2.24. The van der Waals surface area contributed by atoms with Gasteiger partial charge in [-0.05, 0) is 42.3 Å². The Morgan fingerprint density at radius 3 is 2.05 bits per heavy atom. The summed E-state index contributed by atoms with van der Waals surface area (Å²) < 4.78 is 26.3. The van der Waals surface area contributed by atoms with Gasteiger partial charge in [-0.1, -0.05) is 12.1 Å². The van der Waals surface area contributed by atoms with Crippen LogP contribution in [0.5, 0.6) is 5.75 Å². The van der Waals surface area contributed by atoms with Crippen LogP contribution < -0.4 is 0 Å². The van der Waals surface area contributed by atoms with Gasteiger partial charge in [-0.25, -0.2) is 8.78 Å². The van der Waals surface area contributed by atoms with Gasteiger partial charge in [0.05, 0.1) is 5.60 Å². The molecule has 2 N–H and O–H groups in total. The predicted octanol–water partition coefficient (Wildman–Crippen LogP) is 3.12. The van der Waals surface area contributed by atoms with E-state index in [2.05, 4.69) is 0 Å². The molecule has 1 atom stereocenters. The number of aliphatic hydroxyl groups is 1. The molecule has 0 aromatic heterocycles. The monoisotopic (exact) mass is 264 g/mol. The molecule has 0 radical (unpaired) electrons. The minimum Gasteiger partial charge on any atom is -0.508 e. The quantitative estimate of drug-likeness (QED) is 0.894. The molecular formula is C15H14F2O2. The van der Waals surface area contributed by atoms with Crippen LogP contribution in [0.25, 0.3) is 0 Å². The van der Waals surface area contributed by atoms with Crippen molar-refractivity contribution in [1.82, 2.24) is 0 Å². The Kier molecular flexibility index (Phi) is 3.53. The lowest BCUT2D eigenvalue weighted by Gasteiger charge is -2.24. The second kappa shape index (κ2) is 4.97. The normalized spacial score (nSPS) is 14.1. The molecular weight excluding hydrogens is 250 g/mol. The summed E-state index contributed by atoms with van der Waals surface area (Å²) in [5.41, 5.74) is -0.453. The van der Waals surface area contributed by atoms with Crippen LogP contribution in [0, 0.1) is 11.6 Å². The Morgan fingerprint density at radius 2 is 1.53 bits per heavy atom. The highest BCUT2D eigenvalue weighted by Gasteiger charge is 2.25. The third-order valence-corrected chi connectivity index (χ3v) is 2.97. The van der Waals surface area contributed by atoms with Crippen molar-refractivity contribution in [3.63, 3.8) is 0 Å². The summed E-state index contributed by atoms with van der Waals surface area (Å²) in [6.07, 6.45) is 0.191. The van der Waals surface area contributed by atoms with Gasteiger partial charge < -0.3 is 10.2 Å². The second-order valence-corrected chi connectivity index (χ2v) is 4.78. The van der Waals surface area contributed by atoms with Crippen LogP contribution in [0.1, 0.15) is 18.1 Å². The van der Waals surface area contributed by atoms with Gasteiger partial charge in [0, 0.05) is 12.5 Å². The largest absolute Gasteiger partial charge is 0.508 e. The Bertz CT molecular complexity index is 557. The highest BCUT2D eigenvalue weighted by molar-refractivity contribution is 5.30. The number of benzene rings is 2. The first-order valence-electron chi connectivity index (χ1n) is 5.84. The van der Waals surface area contributed by atoms with E-state index >= 15 is 0 Å². The SMILES string of the molecule is CC(O)(Cc1ccc(O)cc1)c1cc(F)cc(F)c1. The van der Waals surface area contributed by atoms with Crippen molar-refractivity contribution in [3.05, 3.63) is 65.2 Å². The number of phenolic OH excluding ortho intramolecular Hbond substituents is 1. The number of hydrogen-bond donors (Lipinski definition) is 2. The van der Waals surface area contributed by atoms with Gasteiger partial charge >= 0.3 is 0 Å². The fraction of sp³-hybridized carbons (Fsp3) is 0.200. The lowest BCUT2D eigenvalue weighted by molar-refractivity contribution is 0.0569. The highest BCUT2D eigenvalue weighted by atomic mass is 19.1. The van der Waals surface area contributed by atoms with E-state index < -0.39 is 17.2 Å². The summed E-state index contributed by atoms with van der Waals surface area (Å²) in [6, 6.07) is 9.29. The third kappa shape index (κ3) is 3.29. The number of phenols is 1. The fourth-order valence-corrected chi connectivity index (χ4v) is 1.98.